The van der Waals surface area contributed by atoms with E-state index in [0.29, 0.717) is 34.9 Å². The van der Waals surface area contributed by atoms with Crippen LogP contribution in [0.15, 0.2) is 46.3 Å². The number of carbonyl (C=O) groups excluding carboxylic acids is 1. The average Bonchev–Trinajstić information content (AvgIpc) is 3.64. The first-order valence-electron chi connectivity index (χ1n) is 13.2. The molecule has 218 valence electrons. The van der Waals surface area contributed by atoms with Gasteiger partial charge in [0.1, 0.15) is 23.2 Å². The fourth-order valence-electron chi connectivity index (χ4n) is 5.33. The highest BCUT2D eigenvalue weighted by atomic mass is 33.2. The van der Waals surface area contributed by atoms with E-state index < -0.39 is 30.8 Å². The molecule has 0 saturated heterocycles. The van der Waals surface area contributed by atoms with Crippen LogP contribution >= 0.6 is 0 Å². The number of hydrogen-bond donors (Lipinski definition) is 2. The number of amides is 1. The number of hydrogen-bond acceptors (Lipinski definition) is 9. The molecule has 1 aromatic carbocycles. The number of halogens is 1. The molecule has 3 aromatic heterocycles. The average molecular weight is 604 g/mol. The van der Waals surface area contributed by atoms with Crippen LogP contribution in [-0.4, -0.2) is 45.8 Å². The van der Waals surface area contributed by atoms with E-state index in [0.717, 1.165) is 38.9 Å². The number of benzene rings is 1. The molecule has 0 aliphatic heterocycles. The van der Waals surface area contributed by atoms with Crippen molar-refractivity contribution in [2.75, 3.05) is 7.11 Å². The first kappa shape index (κ1) is 29.0. The number of carbonyl (C=O) groups is 1. The molecule has 11 nitrogen and oxygen atoms in total. The summed E-state index contributed by atoms with van der Waals surface area (Å²) in [6.45, 7) is 4.07. The Morgan fingerprint density at radius 1 is 1.24 bits per heavy atom. The van der Waals surface area contributed by atoms with E-state index in [1.165, 1.54) is 24.7 Å². The lowest BCUT2D eigenvalue weighted by atomic mass is 9.79. The molecule has 41 heavy (non-hydrogen) atoms. The Kier molecular flexibility index (Phi) is 8.34. The SMILES string of the molecule is CCc1nocc1C(=O)NC(c1nc2c(F)c(-c3cnccc3S(=O)(=O)S(=O)OC)ccc2[nH]1)C1CCC(C)CC1. The van der Waals surface area contributed by atoms with Crippen LogP contribution in [0.4, 0.5) is 4.39 Å². The summed E-state index contributed by atoms with van der Waals surface area (Å²) in [4.78, 5) is 24.6. The Morgan fingerprint density at radius 3 is 2.71 bits per heavy atom. The van der Waals surface area contributed by atoms with E-state index in [-0.39, 0.29) is 33.4 Å². The van der Waals surface area contributed by atoms with Crippen LogP contribution in [-0.2, 0) is 29.6 Å². The largest absolute Gasteiger partial charge is 0.364 e. The van der Waals surface area contributed by atoms with Crippen molar-refractivity contribution in [1.82, 2.24) is 25.4 Å². The van der Waals surface area contributed by atoms with Gasteiger partial charge >= 0.3 is 0 Å². The van der Waals surface area contributed by atoms with Gasteiger partial charge in [-0.25, -0.2) is 22.0 Å². The molecular formula is C27H30FN5O6S2. The molecule has 14 heteroatoms. The van der Waals surface area contributed by atoms with Gasteiger partial charge in [-0.1, -0.05) is 31.8 Å². The van der Waals surface area contributed by atoms with Crippen molar-refractivity contribution < 1.29 is 30.5 Å². The Balaban J connectivity index is 1.57. The van der Waals surface area contributed by atoms with Crippen LogP contribution in [0.1, 0.15) is 67.4 Å². The first-order valence-corrected chi connectivity index (χ1v) is 16.3. The van der Waals surface area contributed by atoms with Gasteiger partial charge in [-0.15, -0.1) is 0 Å². The van der Waals surface area contributed by atoms with E-state index in [9.17, 15) is 17.4 Å². The fraction of sp³-hybridized carbons (Fsp3) is 0.407. The number of aryl methyl sites for hydroxylation is 1. The van der Waals surface area contributed by atoms with E-state index >= 15 is 4.39 Å². The van der Waals surface area contributed by atoms with Crippen LogP contribution in [0.3, 0.4) is 0 Å². The third-order valence-electron chi connectivity index (χ3n) is 7.60. The molecule has 1 fully saturated rings. The monoisotopic (exact) mass is 603 g/mol. The molecule has 0 radical (unpaired) electrons. The van der Waals surface area contributed by atoms with Crippen molar-refractivity contribution in [2.24, 2.45) is 11.8 Å². The third kappa shape index (κ3) is 5.55. The van der Waals surface area contributed by atoms with Gasteiger partial charge in [-0.2, -0.15) is 0 Å². The van der Waals surface area contributed by atoms with Gasteiger partial charge < -0.3 is 14.8 Å². The number of pyridine rings is 1. The Labute approximate surface area is 238 Å². The minimum atomic E-state index is -4.45. The second-order valence-corrected chi connectivity index (χ2v) is 14.4. The molecule has 1 aliphatic carbocycles. The highest BCUT2D eigenvalue weighted by Gasteiger charge is 2.33. The molecule has 1 amide bonds. The van der Waals surface area contributed by atoms with Crippen molar-refractivity contribution in [2.45, 2.75) is 56.9 Å². The number of aromatic nitrogens is 4. The normalized spacial score (nSPS) is 19.2. The summed E-state index contributed by atoms with van der Waals surface area (Å²) in [5.41, 5.74) is 1.06. The van der Waals surface area contributed by atoms with Crippen LogP contribution in [0.2, 0.25) is 0 Å². The molecule has 4 aromatic rings. The fourth-order valence-corrected chi connectivity index (χ4v) is 7.73. The lowest BCUT2D eigenvalue weighted by Crippen LogP contribution is -2.36. The smallest absolute Gasteiger partial charge is 0.283 e. The number of rotatable bonds is 9. The number of imidazole rings is 1. The molecule has 1 aliphatic rings. The molecule has 5 rings (SSSR count). The van der Waals surface area contributed by atoms with E-state index in [4.69, 9.17) is 4.52 Å². The van der Waals surface area contributed by atoms with Crippen LogP contribution in [0.25, 0.3) is 22.2 Å². The van der Waals surface area contributed by atoms with E-state index in [2.05, 4.69) is 36.5 Å². The maximum atomic E-state index is 16.0. The topological polar surface area (TPSA) is 157 Å². The van der Waals surface area contributed by atoms with Crippen LogP contribution in [0.5, 0.6) is 0 Å². The van der Waals surface area contributed by atoms with Gasteiger partial charge in [-0.05, 0) is 49.3 Å². The molecule has 2 unspecified atom stereocenters. The molecule has 2 N–H and O–H groups in total. The number of fused-ring (bicyclic) bond motifs is 1. The Bertz CT molecular complexity index is 1710. The van der Waals surface area contributed by atoms with Gasteiger partial charge in [0.25, 0.3) is 24.9 Å². The Morgan fingerprint density at radius 2 is 2.00 bits per heavy atom. The quantitative estimate of drug-likeness (QED) is 0.261. The van der Waals surface area contributed by atoms with E-state index in [1.807, 2.05) is 6.92 Å². The minimum absolute atomic E-state index is 0.0276. The van der Waals surface area contributed by atoms with Crippen LogP contribution in [0, 0.1) is 17.7 Å². The van der Waals surface area contributed by atoms with Crippen molar-refractivity contribution in [3.05, 3.63) is 59.8 Å². The number of nitrogens with zero attached hydrogens (tertiary/aromatic N) is 3. The summed E-state index contributed by atoms with van der Waals surface area (Å²) >= 11 is 0. The maximum absolute atomic E-state index is 16.0. The number of nitrogens with one attached hydrogen (secondary N) is 2. The summed E-state index contributed by atoms with van der Waals surface area (Å²) in [7, 11) is -6.14. The van der Waals surface area contributed by atoms with Crippen molar-refractivity contribution in [3.8, 4) is 11.1 Å². The van der Waals surface area contributed by atoms with Gasteiger partial charge in [0.2, 0.25) is 0 Å². The maximum Gasteiger partial charge on any atom is 0.283 e. The van der Waals surface area contributed by atoms with Crippen molar-refractivity contribution in [1.29, 1.82) is 0 Å². The molecular weight excluding hydrogens is 573 g/mol. The second-order valence-electron chi connectivity index (χ2n) is 10.1. The first-order chi connectivity index (χ1) is 19.6. The minimum Gasteiger partial charge on any atom is -0.364 e. The summed E-state index contributed by atoms with van der Waals surface area (Å²) in [6, 6.07) is 3.60. The zero-order valence-corrected chi connectivity index (χ0v) is 24.4. The van der Waals surface area contributed by atoms with Gasteiger partial charge in [0.15, 0.2) is 5.82 Å². The van der Waals surface area contributed by atoms with Gasteiger partial charge in [0, 0.05) is 23.5 Å². The van der Waals surface area contributed by atoms with Gasteiger partial charge in [0.05, 0.1) is 29.3 Å². The third-order valence-corrected chi connectivity index (χ3v) is 11.2. The predicted octanol–water partition coefficient (Wildman–Crippen LogP) is 4.61. The summed E-state index contributed by atoms with van der Waals surface area (Å²) in [6.07, 6.45) is 7.93. The zero-order valence-electron chi connectivity index (χ0n) is 22.7. The number of aromatic amines is 1. The molecule has 3 heterocycles. The molecule has 0 bridgehead atoms. The highest BCUT2D eigenvalue weighted by molar-refractivity contribution is 8.62. The van der Waals surface area contributed by atoms with Crippen LogP contribution < -0.4 is 5.32 Å². The van der Waals surface area contributed by atoms with E-state index in [1.54, 1.807) is 6.07 Å². The molecule has 0 spiro atoms. The molecule has 1 saturated carbocycles. The summed E-state index contributed by atoms with van der Waals surface area (Å²) in [5, 5.41) is 6.98. The van der Waals surface area contributed by atoms with Crippen molar-refractivity contribution >= 4 is 35.9 Å². The number of H-pyrrole nitrogens is 1. The second kappa shape index (κ2) is 11.8. The molecule has 2 atom stereocenters. The lowest BCUT2D eigenvalue weighted by molar-refractivity contribution is 0.0903. The zero-order chi connectivity index (χ0) is 29.3. The lowest BCUT2D eigenvalue weighted by Gasteiger charge is -2.32. The standard InChI is InChI=1S/C27H30FN5O6S2/c1-4-20-19(14-39-33-20)27(34)32-24(16-7-5-15(2)6-8-16)26-30-21-10-9-17(23(28)25(21)31-26)18-13-29-12-11-22(18)41(36,37)40(35)38-3/h9-16,24H,4-8H2,1-3H3,(H,30,31)(H,32,34). The predicted molar refractivity (Wildman–Crippen MR) is 149 cm³/mol. The highest BCUT2D eigenvalue weighted by Crippen LogP contribution is 2.38. The van der Waals surface area contributed by atoms with Crippen molar-refractivity contribution in [3.63, 3.8) is 0 Å². The summed E-state index contributed by atoms with van der Waals surface area (Å²) < 4.78 is 63.3. The van der Waals surface area contributed by atoms with Gasteiger partial charge in [-0.3, -0.25) is 14.0 Å². The summed E-state index contributed by atoms with van der Waals surface area (Å²) in [5.74, 6) is -0.127. The Hall–Kier alpha value is -3.49.